The molecule has 1 aliphatic heterocycles. The number of amides is 1. The summed E-state index contributed by atoms with van der Waals surface area (Å²) in [7, 11) is 1.89. The maximum atomic E-state index is 13.5. The maximum absolute atomic E-state index is 13.5. The third kappa shape index (κ3) is 3.91. The fourth-order valence-corrected chi connectivity index (χ4v) is 4.42. The minimum absolute atomic E-state index is 0.0233. The Morgan fingerprint density at radius 2 is 1.81 bits per heavy atom. The molecule has 8 nitrogen and oxygen atoms in total. The van der Waals surface area contributed by atoms with Gasteiger partial charge in [-0.25, -0.2) is 0 Å². The second-order valence-electron chi connectivity index (χ2n) is 8.10. The Balaban J connectivity index is 1.31. The lowest BCUT2D eigenvalue weighted by Crippen LogP contribution is -2.43. The number of carbonyl (C=O) groups is 1. The number of carbonyl (C=O) groups excluding carboxylic acids is 1. The van der Waals surface area contributed by atoms with E-state index in [-0.39, 0.29) is 17.9 Å². The molecule has 1 amide bonds. The molecule has 1 fully saturated rings. The first-order valence-electron chi connectivity index (χ1n) is 10.9. The second-order valence-corrected chi connectivity index (χ2v) is 8.10. The minimum Gasteiger partial charge on any atom is -0.355 e. The summed E-state index contributed by atoms with van der Waals surface area (Å²) in [4.78, 5) is 22.1. The second kappa shape index (κ2) is 8.74. The molecule has 4 aromatic rings. The van der Waals surface area contributed by atoms with Crippen LogP contribution in [0.5, 0.6) is 0 Å². The summed E-state index contributed by atoms with van der Waals surface area (Å²) >= 11 is 0. The van der Waals surface area contributed by atoms with Crippen LogP contribution >= 0.6 is 0 Å². The number of benzene rings is 1. The van der Waals surface area contributed by atoms with E-state index in [4.69, 9.17) is 0 Å². The summed E-state index contributed by atoms with van der Waals surface area (Å²) in [5.74, 6) is 1.02. The molecular weight excluding hydrogens is 402 g/mol. The highest BCUT2D eigenvalue weighted by Gasteiger charge is 2.32. The van der Waals surface area contributed by atoms with Crippen LogP contribution in [0.1, 0.15) is 30.1 Å². The summed E-state index contributed by atoms with van der Waals surface area (Å²) < 4.78 is 1.68. The molecule has 0 radical (unpaired) electrons. The number of hydrogen-bond donors (Lipinski definition) is 0. The largest absolute Gasteiger partial charge is 0.355 e. The van der Waals surface area contributed by atoms with Crippen molar-refractivity contribution in [1.82, 2.24) is 29.7 Å². The topological polar surface area (TPSA) is 79.5 Å². The van der Waals surface area contributed by atoms with Gasteiger partial charge in [0.15, 0.2) is 5.65 Å². The molecule has 0 spiro atoms. The average molecular weight is 428 g/mol. The summed E-state index contributed by atoms with van der Waals surface area (Å²) in [6.45, 7) is 1.56. The standard InChI is InChI=1S/C24H25N7O/c1-29(23(18-7-3-2-4-8-18)20-9-5-6-14-25-20)24(32)19-12-15-30(16-13-19)22-11-10-21-27-26-17-31(21)28-22/h2-11,14,17,19,23H,12-13,15-16H2,1H3. The third-order valence-corrected chi connectivity index (χ3v) is 6.13. The first-order chi connectivity index (χ1) is 15.7. The Bertz CT molecular complexity index is 1150. The summed E-state index contributed by atoms with van der Waals surface area (Å²) in [6, 6.07) is 19.6. The Labute approximate surface area is 186 Å². The molecule has 0 aliphatic carbocycles. The predicted octanol–water partition coefficient (Wildman–Crippen LogP) is 2.98. The minimum atomic E-state index is -0.208. The molecule has 162 valence electrons. The van der Waals surface area contributed by atoms with Crippen molar-refractivity contribution in [2.45, 2.75) is 18.9 Å². The van der Waals surface area contributed by atoms with Gasteiger partial charge in [-0.2, -0.15) is 4.52 Å². The highest BCUT2D eigenvalue weighted by molar-refractivity contribution is 5.80. The number of aromatic nitrogens is 5. The number of fused-ring (bicyclic) bond motifs is 1. The lowest BCUT2D eigenvalue weighted by atomic mass is 9.93. The summed E-state index contributed by atoms with van der Waals surface area (Å²) in [5, 5.41) is 12.5. The highest BCUT2D eigenvalue weighted by Crippen LogP contribution is 2.30. The highest BCUT2D eigenvalue weighted by atomic mass is 16.2. The monoisotopic (exact) mass is 427 g/mol. The zero-order chi connectivity index (χ0) is 21.9. The van der Waals surface area contributed by atoms with Gasteiger partial charge in [0.05, 0.1) is 11.7 Å². The van der Waals surface area contributed by atoms with Crippen LogP contribution in [-0.4, -0.2) is 55.7 Å². The molecule has 0 N–H and O–H groups in total. The van der Waals surface area contributed by atoms with Gasteiger partial charge in [0.25, 0.3) is 0 Å². The third-order valence-electron chi connectivity index (χ3n) is 6.13. The van der Waals surface area contributed by atoms with Crippen molar-refractivity contribution in [2.24, 2.45) is 5.92 Å². The Kier molecular flexibility index (Phi) is 5.49. The van der Waals surface area contributed by atoms with Gasteiger partial charge >= 0.3 is 0 Å². The van der Waals surface area contributed by atoms with E-state index in [0.29, 0.717) is 0 Å². The zero-order valence-electron chi connectivity index (χ0n) is 18.0. The van der Waals surface area contributed by atoms with Gasteiger partial charge in [0, 0.05) is 32.3 Å². The van der Waals surface area contributed by atoms with Crippen LogP contribution in [0.15, 0.2) is 73.2 Å². The molecule has 8 heteroatoms. The molecule has 1 atom stereocenters. The fourth-order valence-electron chi connectivity index (χ4n) is 4.42. The van der Waals surface area contributed by atoms with Crippen molar-refractivity contribution in [3.05, 3.63) is 84.4 Å². The number of rotatable bonds is 5. The first kappa shape index (κ1) is 20.1. The number of hydrogen-bond acceptors (Lipinski definition) is 6. The van der Waals surface area contributed by atoms with E-state index in [9.17, 15) is 4.79 Å². The van der Waals surface area contributed by atoms with Crippen molar-refractivity contribution in [3.63, 3.8) is 0 Å². The molecule has 1 unspecified atom stereocenters. The molecule has 1 aromatic carbocycles. The van der Waals surface area contributed by atoms with E-state index in [2.05, 4.69) is 37.3 Å². The van der Waals surface area contributed by atoms with E-state index >= 15 is 0 Å². The lowest BCUT2D eigenvalue weighted by molar-refractivity contribution is -0.136. The van der Waals surface area contributed by atoms with Crippen molar-refractivity contribution < 1.29 is 4.79 Å². The number of piperidine rings is 1. The van der Waals surface area contributed by atoms with Crippen molar-refractivity contribution in [3.8, 4) is 0 Å². The number of pyridine rings is 1. The SMILES string of the molecule is CN(C(=O)C1CCN(c2ccc3nncn3n2)CC1)C(c1ccccc1)c1ccccn1. The molecule has 3 aromatic heterocycles. The van der Waals surface area contributed by atoms with Crippen molar-refractivity contribution in [1.29, 1.82) is 0 Å². The molecule has 32 heavy (non-hydrogen) atoms. The molecule has 1 aliphatic rings. The molecule has 1 saturated heterocycles. The van der Waals surface area contributed by atoms with Crippen LogP contribution in [0.3, 0.4) is 0 Å². The molecular formula is C24H25N7O. The average Bonchev–Trinajstić information content (AvgIpc) is 3.33. The van der Waals surface area contributed by atoms with Crippen molar-refractivity contribution >= 4 is 17.4 Å². The van der Waals surface area contributed by atoms with Crippen LogP contribution in [-0.2, 0) is 4.79 Å². The van der Waals surface area contributed by atoms with E-state index in [1.807, 2.05) is 60.5 Å². The van der Waals surface area contributed by atoms with E-state index in [1.165, 1.54) is 0 Å². The fraction of sp³-hybridized carbons (Fsp3) is 0.292. The van der Waals surface area contributed by atoms with Crippen LogP contribution in [0.2, 0.25) is 0 Å². The van der Waals surface area contributed by atoms with Crippen LogP contribution in [0.25, 0.3) is 5.65 Å². The van der Waals surface area contributed by atoms with Crippen LogP contribution in [0, 0.1) is 5.92 Å². The van der Waals surface area contributed by atoms with E-state index in [0.717, 1.165) is 48.7 Å². The quantitative estimate of drug-likeness (QED) is 0.487. The van der Waals surface area contributed by atoms with E-state index in [1.54, 1.807) is 17.0 Å². The Hall–Kier alpha value is -3.81. The van der Waals surface area contributed by atoms with Crippen molar-refractivity contribution in [2.75, 3.05) is 25.0 Å². The lowest BCUT2D eigenvalue weighted by Gasteiger charge is -2.36. The van der Waals surface area contributed by atoms with Gasteiger partial charge < -0.3 is 9.80 Å². The molecule has 0 bridgehead atoms. The number of anilines is 1. The Morgan fingerprint density at radius 3 is 2.56 bits per heavy atom. The Morgan fingerprint density at radius 1 is 1.03 bits per heavy atom. The normalized spacial score (nSPS) is 15.6. The molecule has 0 saturated carbocycles. The van der Waals surface area contributed by atoms with E-state index < -0.39 is 0 Å². The molecule has 4 heterocycles. The smallest absolute Gasteiger partial charge is 0.226 e. The summed E-state index contributed by atoms with van der Waals surface area (Å²) in [5.41, 5.74) is 2.66. The predicted molar refractivity (Wildman–Crippen MR) is 121 cm³/mol. The van der Waals surface area contributed by atoms with Crippen LogP contribution in [0.4, 0.5) is 5.82 Å². The van der Waals surface area contributed by atoms with Gasteiger partial charge in [-0.05, 0) is 42.7 Å². The van der Waals surface area contributed by atoms with Gasteiger partial charge in [-0.1, -0.05) is 36.4 Å². The summed E-state index contributed by atoms with van der Waals surface area (Å²) in [6.07, 6.45) is 4.96. The first-order valence-corrected chi connectivity index (χ1v) is 10.9. The molecule has 5 rings (SSSR count). The van der Waals surface area contributed by atoms with Gasteiger partial charge in [0.2, 0.25) is 5.91 Å². The number of nitrogens with zero attached hydrogens (tertiary/aromatic N) is 7. The van der Waals surface area contributed by atoms with Gasteiger partial charge in [0.1, 0.15) is 12.1 Å². The van der Waals surface area contributed by atoms with Crippen LogP contribution < -0.4 is 4.90 Å². The van der Waals surface area contributed by atoms with Gasteiger partial charge in [-0.3, -0.25) is 9.78 Å². The zero-order valence-corrected chi connectivity index (χ0v) is 18.0. The van der Waals surface area contributed by atoms with Gasteiger partial charge in [-0.15, -0.1) is 15.3 Å². The maximum Gasteiger partial charge on any atom is 0.226 e.